The van der Waals surface area contributed by atoms with E-state index in [9.17, 15) is 4.39 Å². The normalized spacial score (nSPS) is 27.4. The van der Waals surface area contributed by atoms with E-state index in [1.165, 1.54) is 0 Å². The molecule has 1 aliphatic carbocycles. The quantitative estimate of drug-likeness (QED) is 0.529. The highest BCUT2D eigenvalue weighted by Crippen LogP contribution is 2.39. The summed E-state index contributed by atoms with van der Waals surface area (Å²) in [5.41, 5.74) is 3.93. The van der Waals surface area contributed by atoms with Crippen LogP contribution in [0.3, 0.4) is 0 Å². The maximum absolute atomic E-state index is 12.3. The average Bonchev–Trinajstić information content (AvgIpc) is 2.47. The third-order valence-corrected chi connectivity index (χ3v) is 1.55. The van der Waals surface area contributed by atoms with Crippen LogP contribution in [0.25, 0.3) is 0 Å². The lowest BCUT2D eigenvalue weighted by atomic mass is 10.2. The summed E-state index contributed by atoms with van der Waals surface area (Å²) in [6.45, 7) is -0.0590. The maximum Gasteiger partial charge on any atom is 0.141 e. The van der Waals surface area contributed by atoms with Crippen molar-refractivity contribution in [3.8, 4) is 0 Å². The van der Waals surface area contributed by atoms with Crippen LogP contribution in [0, 0.1) is 0 Å². The SMILES string of the molecule is NC[C@@H](F)C1(O)CC1. The first-order chi connectivity index (χ1) is 3.69. The van der Waals surface area contributed by atoms with Crippen LogP contribution in [0.15, 0.2) is 0 Å². The molecule has 1 aliphatic rings. The van der Waals surface area contributed by atoms with Gasteiger partial charge in [-0.15, -0.1) is 0 Å². The van der Waals surface area contributed by atoms with Crippen molar-refractivity contribution in [3.05, 3.63) is 0 Å². The second-order valence-electron chi connectivity index (χ2n) is 2.31. The number of hydrogen-bond donors (Lipinski definition) is 2. The summed E-state index contributed by atoms with van der Waals surface area (Å²) in [6.07, 6.45) is -0.0565. The highest BCUT2D eigenvalue weighted by Gasteiger charge is 2.47. The van der Waals surface area contributed by atoms with Gasteiger partial charge in [-0.25, -0.2) is 4.39 Å². The highest BCUT2D eigenvalue weighted by molar-refractivity contribution is 5.00. The monoisotopic (exact) mass is 119 g/mol. The number of hydrogen-bond acceptors (Lipinski definition) is 2. The summed E-state index contributed by atoms with van der Waals surface area (Å²) in [7, 11) is 0. The average molecular weight is 119 g/mol. The Morgan fingerprint density at radius 3 is 2.38 bits per heavy atom. The first kappa shape index (κ1) is 5.98. The van der Waals surface area contributed by atoms with Crippen molar-refractivity contribution < 1.29 is 9.50 Å². The zero-order valence-corrected chi connectivity index (χ0v) is 4.60. The van der Waals surface area contributed by atoms with Crippen LogP contribution in [-0.2, 0) is 0 Å². The molecule has 3 heteroatoms. The second kappa shape index (κ2) is 1.67. The minimum atomic E-state index is -1.21. The van der Waals surface area contributed by atoms with Gasteiger partial charge in [-0.3, -0.25) is 0 Å². The first-order valence-electron chi connectivity index (χ1n) is 2.75. The molecule has 0 aromatic carbocycles. The molecule has 3 N–H and O–H groups in total. The molecule has 0 aromatic rings. The van der Waals surface area contributed by atoms with E-state index in [1.807, 2.05) is 0 Å². The summed E-state index contributed by atoms with van der Waals surface area (Å²) in [4.78, 5) is 0. The van der Waals surface area contributed by atoms with Gasteiger partial charge in [-0.2, -0.15) is 0 Å². The molecule has 0 heterocycles. The predicted octanol–water partition coefficient (Wildman–Crippen LogP) is -0.192. The Balaban J connectivity index is 2.34. The Bertz CT molecular complexity index is 92.4. The molecule has 0 aromatic heterocycles. The molecular formula is C5H10FNO. The van der Waals surface area contributed by atoms with Crippen LogP contribution in [-0.4, -0.2) is 23.4 Å². The lowest BCUT2D eigenvalue weighted by molar-refractivity contribution is 0.0593. The van der Waals surface area contributed by atoms with Gasteiger partial charge in [-0.05, 0) is 12.8 Å². The molecule has 1 atom stereocenters. The van der Waals surface area contributed by atoms with Crippen LogP contribution in [0.1, 0.15) is 12.8 Å². The van der Waals surface area contributed by atoms with Crippen LogP contribution >= 0.6 is 0 Å². The Kier molecular flexibility index (Phi) is 1.25. The number of alkyl halides is 1. The summed E-state index contributed by atoms with van der Waals surface area (Å²) >= 11 is 0. The van der Waals surface area contributed by atoms with Gasteiger partial charge in [0.25, 0.3) is 0 Å². The number of rotatable bonds is 2. The molecule has 0 amide bonds. The minimum Gasteiger partial charge on any atom is -0.387 e. The zero-order valence-electron chi connectivity index (χ0n) is 4.60. The molecule has 0 saturated heterocycles. The standard InChI is InChI=1S/C5H10FNO/c6-4(3-7)5(8)1-2-5/h4,8H,1-3,7H2/t4-/m1/s1. The Morgan fingerprint density at radius 1 is 1.75 bits per heavy atom. The van der Waals surface area contributed by atoms with Crippen molar-refractivity contribution in [2.45, 2.75) is 24.6 Å². The van der Waals surface area contributed by atoms with E-state index in [1.54, 1.807) is 0 Å². The van der Waals surface area contributed by atoms with Crippen molar-refractivity contribution in [2.75, 3.05) is 6.54 Å². The fraction of sp³-hybridized carbons (Fsp3) is 1.00. The fourth-order valence-electron chi connectivity index (χ4n) is 0.661. The van der Waals surface area contributed by atoms with Crippen LogP contribution in [0.5, 0.6) is 0 Å². The highest BCUT2D eigenvalue weighted by atomic mass is 19.1. The molecule has 1 saturated carbocycles. The van der Waals surface area contributed by atoms with E-state index in [2.05, 4.69) is 0 Å². The molecular weight excluding hydrogens is 109 g/mol. The van der Waals surface area contributed by atoms with E-state index in [0.29, 0.717) is 12.8 Å². The zero-order chi connectivity index (χ0) is 6.20. The van der Waals surface area contributed by atoms with Crippen molar-refractivity contribution in [1.29, 1.82) is 0 Å². The summed E-state index contributed by atoms with van der Waals surface area (Å²) in [5.74, 6) is 0. The van der Waals surface area contributed by atoms with Crippen molar-refractivity contribution >= 4 is 0 Å². The van der Waals surface area contributed by atoms with Gasteiger partial charge in [0, 0.05) is 6.54 Å². The lowest BCUT2D eigenvalue weighted by Gasteiger charge is -2.09. The number of aliphatic hydroxyl groups is 1. The van der Waals surface area contributed by atoms with E-state index in [-0.39, 0.29) is 6.54 Å². The molecule has 0 spiro atoms. The molecule has 0 aliphatic heterocycles. The summed E-state index contributed by atoms with van der Waals surface area (Å²) in [5, 5.41) is 8.94. The van der Waals surface area contributed by atoms with Gasteiger partial charge in [0.1, 0.15) is 6.17 Å². The Hall–Kier alpha value is -0.150. The molecule has 1 fully saturated rings. The van der Waals surface area contributed by atoms with E-state index in [0.717, 1.165) is 0 Å². The molecule has 2 nitrogen and oxygen atoms in total. The van der Waals surface area contributed by atoms with Crippen LogP contribution in [0.2, 0.25) is 0 Å². The topological polar surface area (TPSA) is 46.2 Å². The van der Waals surface area contributed by atoms with Crippen molar-refractivity contribution in [2.24, 2.45) is 5.73 Å². The third-order valence-electron chi connectivity index (χ3n) is 1.55. The van der Waals surface area contributed by atoms with E-state index >= 15 is 0 Å². The van der Waals surface area contributed by atoms with Gasteiger partial charge in [-0.1, -0.05) is 0 Å². The molecule has 48 valence electrons. The van der Waals surface area contributed by atoms with Gasteiger partial charge >= 0.3 is 0 Å². The largest absolute Gasteiger partial charge is 0.387 e. The molecule has 0 bridgehead atoms. The minimum absolute atomic E-state index is 0.0590. The second-order valence-corrected chi connectivity index (χ2v) is 2.31. The van der Waals surface area contributed by atoms with Gasteiger partial charge in [0.05, 0.1) is 5.60 Å². The molecule has 0 radical (unpaired) electrons. The van der Waals surface area contributed by atoms with Crippen molar-refractivity contribution in [1.82, 2.24) is 0 Å². The molecule has 0 unspecified atom stereocenters. The maximum atomic E-state index is 12.3. The molecule has 1 rings (SSSR count). The smallest absolute Gasteiger partial charge is 0.141 e. The van der Waals surface area contributed by atoms with Gasteiger partial charge < -0.3 is 10.8 Å². The van der Waals surface area contributed by atoms with Gasteiger partial charge in [0.15, 0.2) is 0 Å². The number of nitrogens with two attached hydrogens (primary N) is 1. The Labute approximate surface area is 47.5 Å². The van der Waals surface area contributed by atoms with Crippen molar-refractivity contribution in [3.63, 3.8) is 0 Å². The van der Waals surface area contributed by atoms with Crippen LogP contribution in [0.4, 0.5) is 4.39 Å². The number of halogens is 1. The predicted molar refractivity (Wildman–Crippen MR) is 28.1 cm³/mol. The summed E-state index contributed by atoms with van der Waals surface area (Å²) in [6, 6.07) is 0. The third kappa shape index (κ3) is 0.833. The van der Waals surface area contributed by atoms with Crippen LogP contribution < -0.4 is 5.73 Å². The first-order valence-corrected chi connectivity index (χ1v) is 2.75. The van der Waals surface area contributed by atoms with E-state index in [4.69, 9.17) is 10.8 Å². The molecule has 8 heavy (non-hydrogen) atoms. The Morgan fingerprint density at radius 2 is 2.25 bits per heavy atom. The lowest BCUT2D eigenvalue weighted by Crippen LogP contribution is -2.30. The van der Waals surface area contributed by atoms with E-state index < -0.39 is 11.8 Å². The fourth-order valence-corrected chi connectivity index (χ4v) is 0.661. The summed E-state index contributed by atoms with van der Waals surface area (Å²) < 4.78 is 12.3. The van der Waals surface area contributed by atoms with Gasteiger partial charge in [0.2, 0.25) is 0 Å².